The van der Waals surface area contributed by atoms with Gasteiger partial charge < -0.3 is 5.32 Å². The zero-order valence-electron chi connectivity index (χ0n) is 15.6. The van der Waals surface area contributed by atoms with Gasteiger partial charge in [-0.05, 0) is 56.1 Å². The molecule has 9 nitrogen and oxygen atoms in total. The summed E-state index contributed by atoms with van der Waals surface area (Å²) in [6.07, 6.45) is 3.14. The molecule has 0 aliphatic carbocycles. The molecule has 0 aliphatic heterocycles. The van der Waals surface area contributed by atoms with E-state index in [1.54, 1.807) is 18.3 Å². The van der Waals surface area contributed by atoms with Gasteiger partial charge >= 0.3 is 0 Å². The Balaban J connectivity index is 0.000000234. The van der Waals surface area contributed by atoms with Crippen LogP contribution in [0.5, 0.6) is 0 Å². The van der Waals surface area contributed by atoms with Crippen LogP contribution in [0.4, 0.5) is 4.39 Å². The van der Waals surface area contributed by atoms with Crippen LogP contribution in [-0.2, 0) is 4.84 Å². The summed E-state index contributed by atoms with van der Waals surface area (Å²) >= 11 is 6.53. The number of aromatic nitrogens is 4. The lowest BCUT2D eigenvalue weighted by molar-refractivity contribution is -0.0760. The molecule has 154 valence electrons. The number of aromatic amines is 1. The van der Waals surface area contributed by atoms with Crippen molar-refractivity contribution < 1.29 is 18.8 Å². The van der Waals surface area contributed by atoms with Gasteiger partial charge in [-0.2, -0.15) is 10.2 Å². The third kappa shape index (κ3) is 5.71. The number of benzene rings is 1. The maximum absolute atomic E-state index is 13.2. The van der Waals surface area contributed by atoms with Crippen molar-refractivity contribution in [3.63, 3.8) is 0 Å². The first-order chi connectivity index (χ1) is 13.8. The van der Waals surface area contributed by atoms with Crippen molar-refractivity contribution in [3.8, 4) is 5.69 Å². The molecule has 2 heterocycles. The fourth-order valence-corrected chi connectivity index (χ4v) is 3.57. The second-order valence-electron chi connectivity index (χ2n) is 5.40. The molecule has 0 radical (unpaired) electrons. The molecule has 3 aromatic rings. The van der Waals surface area contributed by atoms with Crippen molar-refractivity contribution in [1.82, 2.24) is 30.4 Å². The number of halogens is 3. The molecule has 0 saturated carbocycles. The standard InChI is InChI=1S/C11H8Br2FN3O.C6H9N3O2/c1-15-11(18)9-2-3-17(16-9)10-7(12)4-6(14)5-8(10)13;1-9(11-2)6(10)5-3-4-7-8-5/h2-5H,1H3,(H,15,18);3-4H,1-2H3,(H,7,8). The third-order valence-corrected chi connectivity index (χ3v) is 4.76. The molecule has 0 atom stereocenters. The smallest absolute Gasteiger partial charge is 0.295 e. The van der Waals surface area contributed by atoms with Crippen molar-refractivity contribution in [1.29, 1.82) is 0 Å². The predicted molar refractivity (Wildman–Crippen MR) is 110 cm³/mol. The highest BCUT2D eigenvalue weighted by Crippen LogP contribution is 2.30. The number of nitrogens with one attached hydrogen (secondary N) is 2. The van der Waals surface area contributed by atoms with Crippen LogP contribution in [0.3, 0.4) is 0 Å². The summed E-state index contributed by atoms with van der Waals surface area (Å²) in [5.41, 5.74) is 1.33. The van der Waals surface area contributed by atoms with E-state index in [1.165, 1.54) is 44.2 Å². The molecule has 0 saturated heterocycles. The quantitative estimate of drug-likeness (QED) is 0.503. The number of H-pyrrole nitrogens is 1. The molecule has 0 bridgehead atoms. The molecule has 2 amide bonds. The van der Waals surface area contributed by atoms with E-state index in [9.17, 15) is 14.0 Å². The number of hydrogen-bond donors (Lipinski definition) is 2. The van der Waals surface area contributed by atoms with E-state index in [-0.39, 0.29) is 17.6 Å². The molecule has 0 aliphatic rings. The number of hydrogen-bond acceptors (Lipinski definition) is 5. The fraction of sp³-hybridized carbons (Fsp3) is 0.176. The SMILES string of the molecule is CNC(=O)c1ccn(-c2c(Br)cc(F)cc2Br)n1.CON(C)C(=O)c1ccn[nH]1. The van der Waals surface area contributed by atoms with Gasteiger partial charge in [-0.3, -0.25) is 19.5 Å². The van der Waals surface area contributed by atoms with E-state index in [1.807, 2.05) is 0 Å². The second kappa shape index (κ2) is 10.3. The van der Waals surface area contributed by atoms with E-state index in [4.69, 9.17) is 0 Å². The van der Waals surface area contributed by atoms with E-state index < -0.39 is 0 Å². The molecule has 0 unspecified atom stereocenters. The molecule has 29 heavy (non-hydrogen) atoms. The van der Waals surface area contributed by atoms with Crippen LogP contribution in [-0.4, -0.2) is 58.1 Å². The molecule has 12 heteroatoms. The van der Waals surface area contributed by atoms with Crippen LogP contribution < -0.4 is 5.32 Å². The maximum Gasteiger partial charge on any atom is 0.295 e. The highest BCUT2D eigenvalue weighted by molar-refractivity contribution is 9.11. The topological polar surface area (TPSA) is 105 Å². The van der Waals surface area contributed by atoms with Gasteiger partial charge in [0.1, 0.15) is 11.5 Å². The summed E-state index contributed by atoms with van der Waals surface area (Å²) in [7, 11) is 4.49. The summed E-state index contributed by atoms with van der Waals surface area (Å²) in [6.45, 7) is 0. The van der Waals surface area contributed by atoms with Gasteiger partial charge in [0.2, 0.25) is 0 Å². The molecular weight excluding hydrogens is 515 g/mol. The van der Waals surface area contributed by atoms with Crippen LogP contribution in [0.2, 0.25) is 0 Å². The van der Waals surface area contributed by atoms with Gasteiger partial charge in [0.25, 0.3) is 11.8 Å². The highest BCUT2D eigenvalue weighted by Gasteiger charge is 2.14. The number of carbonyl (C=O) groups is 2. The second-order valence-corrected chi connectivity index (χ2v) is 7.11. The lowest BCUT2D eigenvalue weighted by Gasteiger charge is -2.11. The number of nitrogens with zero attached hydrogens (tertiary/aromatic N) is 4. The zero-order valence-corrected chi connectivity index (χ0v) is 18.8. The maximum atomic E-state index is 13.2. The zero-order chi connectivity index (χ0) is 21.6. The van der Waals surface area contributed by atoms with Crippen LogP contribution in [0.15, 0.2) is 45.6 Å². The first-order valence-corrected chi connectivity index (χ1v) is 9.61. The average molecular weight is 532 g/mol. The Hall–Kier alpha value is -2.57. The van der Waals surface area contributed by atoms with Crippen LogP contribution in [0, 0.1) is 5.82 Å². The summed E-state index contributed by atoms with van der Waals surface area (Å²) in [6, 6.07) is 5.83. The van der Waals surface area contributed by atoms with Gasteiger partial charge in [0, 0.05) is 35.4 Å². The number of amides is 2. The molecule has 1 aromatic carbocycles. The molecule has 0 spiro atoms. The Morgan fingerprint density at radius 2 is 1.93 bits per heavy atom. The monoisotopic (exact) mass is 530 g/mol. The Labute approximate surface area is 182 Å². The van der Waals surface area contributed by atoms with Gasteiger partial charge in [0.05, 0.1) is 12.8 Å². The van der Waals surface area contributed by atoms with E-state index >= 15 is 0 Å². The number of carbonyl (C=O) groups excluding carboxylic acids is 2. The van der Waals surface area contributed by atoms with E-state index in [0.29, 0.717) is 26.0 Å². The molecule has 3 rings (SSSR count). The van der Waals surface area contributed by atoms with Crippen molar-refractivity contribution in [3.05, 3.63) is 62.8 Å². The molecular formula is C17H17Br2FN6O3. The van der Waals surface area contributed by atoms with Gasteiger partial charge in [-0.15, -0.1) is 0 Å². The van der Waals surface area contributed by atoms with Gasteiger partial charge in [0.15, 0.2) is 5.69 Å². The third-order valence-electron chi connectivity index (χ3n) is 3.55. The predicted octanol–water partition coefficient (Wildman–Crippen LogP) is 2.94. The van der Waals surface area contributed by atoms with Gasteiger partial charge in [-0.25, -0.2) is 14.1 Å². The van der Waals surface area contributed by atoms with Crippen molar-refractivity contribution in [2.24, 2.45) is 0 Å². The van der Waals surface area contributed by atoms with Gasteiger partial charge in [-0.1, -0.05) is 0 Å². The lowest BCUT2D eigenvalue weighted by Crippen LogP contribution is -2.25. The summed E-state index contributed by atoms with van der Waals surface area (Å²) in [5, 5.41) is 13.9. The molecule has 0 fully saturated rings. The van der Waals surface area contributed by atoms with Crippen LogP contribution in [0.1, 0.15) is 21.0 Å². The van der Waals surface area contributed by atoms with Crippen LogP contribution in [0.25, 0.3) is 5.69 Å². The summed E-state index contributed by atoms with van der Waals surface area (Å²) in [5.74, 6) is -0.885. The fourth-order valence-electron chi connectivity index (χ4n) is 2.08. The van der Waals surface area contributed by atoms with E-state index in [2.05, 4.69) is 57.3 Å². The summed E-state index contributed by atoms with van der Waals surface area (Å²) in [4.78, 5) is 27.2. The van der Waals surface area contributed by atoms with Crippen LogP contribution >= 0.6 is 31.9 Å². The minimum absolute atomic E-state index is 0.245. The average Bonchev–Trinajstić information content (AvgIpc) is 3.38. The normalized spacial score (nSPS) is 10.1. The number of rotatable bonds is 4. The first kappa shape index (κ1) is 22.7. The van der Waals surface area contributed by atoms with Crippen molar-refractivity contribution >= 4 is 43.7 Å². The minimum atomic E-state index is -0.365. The highest BCUT2D eigenvalue weighted by atomic mass is 79.9. The van der Waals surface area contributed by atoms with Crippen molar-refractivity contribution in [2.75, 3.05) is 21.2 Å². The summed E-state index contributed by atoms with van der Waals surface area (Å²) < 4.78 is 15.7. The largest absolute Gasteiger partial charge is 0.354 e. The van der Waals surface area contributed by atoms with E-state index in [0.717, 1.165) is 5.06 Å². The lowest BCUT2D eigenvalue weighted by atomic mass is 10.3. The Morgan fingerprint density at radius 3 is 2.45 bits per heavy atom. The Kier molecular flexibility index (Phi) is 8.05. The first-order valence-electron chi connectivity index (χ1n) is 8.02. The number of hydroxylamine groups is 2. The Bertz CT molecular complexity index is 970. The molecule has 2 N–H and O–H groups in total. The minimum Gasteiger partial charge on any atom is -0.354 e. The Morgan fingerprint density at radius 1 is 1.28 bits per heavy atom. The molecule has 2 aromatic heterocycles. The van der Waals surface area contributed by atoms with Crippen molar-refractivity contribution in [2.45, 2.75) is 0 Å².